The van der Waals surface area contributed by atoms with Gasteiger partial charge in [0.05, 0.1) is 11.1 Å². The van der Waals surface area contributed by atoms with Gasteiger partial charge in [-0.15, -0.1) is 5.06 Å². The van der Waals surface area contributed by atoms with E-state index in [0.29, 0.717) is 22.6 Å². The van der Waals surface area contributed by atoms with Crippen LogP contribution in [0.4, 0.5) is 5.69 Å². The van der Waals surface area contributed by atoms with E-state index in [0.717, 1.165) is 10.6 Å². The summed E-state index contributed by atoms with van der Waals surface area (Å²) in [5.74, 6) is -0.130. The van der Waals surface area contributed by atoms with Crippen molar-refractivity contribution in [2.24, 2.45) is 0 Å². The molecular formula is C24H22NO4. The summed E-state index contributed by atoms with van der Waals surface area (Å²) in [5, 5.41) is 14.6. The van der Waals surface area contributed by atoms with Crippen LogP contribution in [0, 0.1) is 12.1 Å². The SMILES string of the molecule is Cc1ccc2c(c1)OC(C)(C)C(OC(=O)c1ccccc1)(c1ccccc1)[N+]2[O-]. The molecule has 1 heterocycles. The predicted molar refractivity (Wildman–Crippen MR) is 111 cm³/mol. The number of carbonyl (C=O) groups excluding carboxylic acids is 1. The van der Waals surface area contributed by atoms with Crippen molar-refractivity contribution in [1.82, 2.24) is 5.06 Å². The standard InChI is InChI=1S/C24H22NO4/c1-17-14-15-20-21(16-17)28-23(2,3)24(25(20)27,19-12-8-5-9-13-19)29-22(26)18-10-6-4-7-11-18/h4-16H,1-3H3. The second kappa shape index (κ2) is 7.03. The molecular weight excluding hydrogens is 366 g/mol. The minimum atomic E-state index is -1.70. The minimum absolute atomic E-state index is 0.319. The number of ether oxygens (including phenoxy) is 2. The van der Waals surface area contributed by atoms with Crippen LogP contribution in [-0.2, 0) is 10.5 Å². The van der Waals surface area contributed by atoms with Gasteiger partial charge in [0.25, 0.3) is 0 Å². The van der Waals surface area contributed by atoms with Crippen LogP contribution in [-0.4, -0.2) is 11.6 Å². The van der Waals surface area contributed by atoms with Gasteiger partial charge in [0.1, 0.15) is 0 Å². The minimum Gasteiger partial charge on any atom is -0.572 e. The van der Waals surface area contributed by atoms with Crippen LogP contribution < -0.4 is 9.80 Å². The molecule has 0 N–H and O–H groups in total. The fraction of sp³-hybridized carbons (Fsp3) is 0.208. The first-order valence-electron chi connectivity index (χ1n) is 9.46. The number of fused-ring (bicyclic) bond motifs is 1. The van der Waals surface area contributed by atoms with E-state index < -0.39 is 17.3 Å². The second-order valence-electron chi connectivity index (χ2n) is 7.64. The third-order valence-electron chi connectivity index (χ3n) is 5.22. The summed E-state index contributed by atoms with van der Waals surface area (Å²) in [6.07, 6.45) is 0. The summed E-state index contributed by atoms with van der Waals surface area (Å²) in [5.41, 5.74) is -0.677. The number of carbonyl (C=O) groups is 1. The Morgan fingerprint density at radius 2 is 1.59 bits per heavy atom. The van der Waals surface area contributed by atoms with Gasteiger partial charge < -0.3 is 14.7 Å². The van der Waals surface area contributed by atoms with Crippen molar-refractivity contribution in [3.63, 3.8) is 0 Å². The van der Waals surface area contributed by atoms with Gasteiger partial charge in [-0.25, -0.2) is 4.79 Å². The highest BCUT2D eigenvalue weighted by molar-refractivity contribution is 5.90. The Bertz CT molecular complexity index is 1030. The molecule has 0 saturated carbocycles. The Labute approximate surface area is 170 Å². The zero-order valence-corrected chi connectivity index (χ0v) is 16.6. The van der Waals surface area contributed by atoms with Crippen LogP contribution in [0.25, 0.3) is 0 Å². The van der Waals surface area contributed by atoms with Crippen molar-refractivity contribution in [3.8, 4) is 5.75 Å². The third kappa shape index (κ3) is 3.09. The van der Waals surface area contributed by atoms with Crippen molar-refractivity contribution in [2.45, 2.75) is 32.1 Å². The molecule has 1 radical (unpaired) electrons. The molecule has 147 valence electrons. The predicted octanol–water partition coefficient (Wildman–Crippen LogP) is 5.15. The zero-order chi connectivity index (χ0) is 20.6. The summed E-state index contributed by atoms with van der Waals surface area (Å²) in [6, 6.07) is 23.0. The van der Waals surface area contributed by atoms with Gasteiger partial charge in [0.15, 0.2) is 5.75 Å². The molecule has 5 heteroatoms. The van der Waals surface area contributed by atoms with E-state index in [1.54, 1.807) is 56.3 Å². The maximum absolute atomic E-state index is 13.8. The van der Waals surface area contributed by atoms with E-state index in [-0.39, 0.29) is 0 Å². The number of aryl methyl sites for hydroxylation is 1. The van der Waals surface area contributed by atoms with Gasteiger partial charge in [0, 0.05) is 6.07 Å². The van der Waals surface area contributed by atoms with E-state index in [1.165, 1.54) is 0 Å². The van der Waals surface area contributed by atoms with Gasteiger partial charge in [-0.05, 0) is 56.7 Å². The lowest BCUT2D eigenvalue weighted by molar-refractivity contribution is -0.173. The summed E-state index contributed by atoms with van der Waals surface area (Å²) < 4.78 is 12.3. The monoisotopic (exact) mass is 388 g/mol. The van der Waals surface area contributed by atoms with Crippen LogP contribution in [0.15, 0.2) is 78.9 Å². The van der Waals surface area contributed by atoms with Gasteiger partial charge in [-0.1, -0.05) is 42.5 Å². The number of nitrogens with zero attached hydrogens (tertiary/aromatic N) is 1. The largest absolute Gasteiger partial charge is 0.572 e. The van der Waals surface area contributed by atoms with Crippen LogP contribution in [0.3, 0.4) is 0 Å². The quantitative estimate of drug-likeness (QED) is 0.354. The van der Waals surface area contributed by atoms with Crippen molar-refractivity contribution in [3.05, 3.63) is 101 Å². The molecule has 1 unspecified atom stereocenters. The molecule has 1 aliphatic rings. The molecule has 3 aromatic carbocycles. The highest BCUT2D eigenvalue weighted by Gasteiger charge is 2.65. The molecule has 0 bridgehead atoms. The first kappa shape index (κ1) is 19.2. The van der Waals surface area contributed by atoms with E-state index in [4.69, 9.17) is 9.47 Å². The average Bonchev–Trinajstić information content (AvgIpc) is 2.71. The molecule has 0 fully saturated rings. The van der Waals surface area contributed by atoms with Gasteiger partial charge in [-0.3, -0.25) is 0 Å². The van der Waals surface area contributed by atoms with Crippen molar-refractivity contribution >= 4 is 11.7 Å². The second-order valence-corrected chi connectivity index (χ2v) is 7.64. The average molecular weight is 388 g/mol. The van der Waals surface area contributed by atoms with Gasteiger partial charge in [-0.2, -0.15) is 0 Å². The number of esters is 1. The van der Waals surface area contributed by atoms with E-state index >= 15 is 0 Å². The first-order chi connectivity index (χ1) is 13.8. The fourth-order valence-corrected chi connectivity index (χ4v) is 3.75. The summed E-state index contributed by atoms with van der Waals surface area (Å²) in [6.45, 7) is 5.45. The molecule has 5 nitrogen and oxygen atoms in total. The fourth-order valence-electron chi connectivity index (χ4n) is 3.75. The van der Waals surface area contributed by atoms with Crippen LogP contribution >= 0.6 is 0 Å². The molecule has 0 saturated heterocycles. The molecule has 0 amide bonds. The molecule has 1 atom stereocenters. The van der Waals surface area contributed by atoms with Crippen LogP contribution in [0.2, 0.25) is 0 Å². The number of rotatable bonds is 3. The molecule has 4 rings (SSSR count). The Hall–Kier alpha value is -3.15. The summed E-state index contributed by atoms with van der Waals surface area (Å²) >= 11 is 0. The van der Waals surface area contributed by atoms with Gasteiger partial charge >= 0.3 is 11.7 Å². The third-order valence-corrected chi connectivity index (χ3v) is 5.22. The number of hydrogen-bond acceptors (Lipinski definition) is 5. The highest BCUT2D eigenvalue weighted by atomic mass is 16.7. The Morgan fingerprint density at radius 1 is 0.966 bits per heavy atom. The number of hydroxylamine groups is 1. The van der Waals surface area contributed by atoms with E-state index in [1.807, 2.05) is 43.3 Å². The summed E-state index contributed by atoms with van der Waals surface area (Å²) in [4.78, 5) is 13.0. The Balaban J connectivity index is 1.90. The number of anilines is 1. The Morgan fingerprint density at radius 3 is 2.24 bits per heavy atom. The molecule has 1 aliphatic heterocycles. The summed E-state index contributed by atoms with van der Waals surface area (Å²) in [7, 11) is 0. The highest BCUT2D eigenvalue weighted by Crippen LogP contribution is 2.51. The van der Waals surface area contributed by atoms with E-state index in [2.05, 4.69) is 0 Å². The van der Waals surface area contributed by atoms with Crippen LogP contribution in [0.1, 0.15) is 35.3 Å². The zero-order valence-electron chi connectivity index (χ0n) is 16.6. The van der Waals surface area contributed by atoms with Crippen molar-refractivity contribution in [2.75, 3.05) is 0 Å². The molecule has 3 aromatic rings. The van der Waals surface area contributed by atoms with Crippen molar-refractivity contribution < 1.29 is 14.3 Å². The lowest BCUT2D eigenvalue weighted by atomic mass is 9.84. The topological polar surface area (TPSA) is 64.5 Å². The van der Waals surface area contributed by atoms with Crippen LogP contribution in [0.5, 0.6) is 5.75 Å². The van der Waals surface area contributed by atoms with Gasteiger partial charge in [0.2, 0.25) is 11.3 Å². The maximum atomic E-state index is 13.8. The lowest BCUT2D eigenvalue weighted by Gasteiger charge is -2.48. The maximum Gasteiger partial charge on any atom is 0.361 e. The first-order valence-corrected chi connectivity index (χ1v) is 9.46. The lowest BCUT2D eigenvalue weighted by Crippen LogP contribution is -2.65. The smallest absolute Gasteiger partial charge is 0.361 e. The molecule has 0 aromatic heterocycles. The van der Waals surface area contributed by atoms with E-state index in [9.17, 15) is 10.0 Å². The normalized spacial score (nSPS) is 20.4. The Kier molecular flexibility index (Phi) is 4.65. The molecule has 0 spiro atoms. The molecule has 0 aliphatic carbocycles. The van der Waals surface area contributed by atoms with Crippen molar-refractivity contribution in [1.29, 1.82) is 0 Å². The number of hydrogen-bond donors (Lipinski definition) is 0. The molecule has 29 heavy (non-hydrogen) atoms. The number of benzene rings is 3.